The number of nitro benzene ring substituents is 1. The van der Waals surface area contributed by atoms with Crippen molar-refractivity contribution < 1.29 is 14.4 Å². The summed E-state index contributed by atoms with van der Waals surface area (Å²) in [5, 5.41) is 27.7. The SMILES string of the molecule is O=[N+]([O-])c1ccc(NCn2nc(-c3ccccc3O)oc2=S)cc1. The van der Waals surface area contributed by atoms with Crippen LogP contribution in [0.4, 0.5) is 11.4 Å². The van der Waals surface area contributed by atoms with E-state index in [1.165, 1.54) is 22.9 Å². The van der Waals surface area contributed by atoms with Crippen LogP contribution in [-0.2, 0) is 6.67 Å². The van der Waals surface area contributed by atoms with Crippen LogP contribution in [0, 0.1) is 15.0 Å². The normalized spacial score (nSPS) is 10.5. The van der Waals surface area contributed by atoms with Crippen LogP contribution in [0.1, 0.15) is 0 Å². The zero-order valence-corrected chi connectivity index (χ0v) is 13.1. The van der Waals surface area contributed by atoms with E-state index in [9.17, 15) is 15.2 Å². The smallest absolute Gasteiger partial charge is 0.289 e. The summed E-state index contributed by atoms with van der Waals surface area (Å²) in [5.41, 5.74) is 1.13. The van der Waals surface area contributed by atoms with E-state index in [0.29, 0.717) is 11.3 Å². The molecule has 122 valence electrons. The van der Waals surface area contributed by atoms with Crippen molar-refractivity contribution in [2.45, 2.75) is 6.67 Å². The van der Waals surface area contributed by atoms with Gasteiger partial charge in [-0.25, -0.2) is 4.68 Å². The van der Waals surface area contributed by atoms with Crippen molar-refractivity contribution in [1.82, 2.24) is 9.78 Å². The molecular weight excluding hydrogens is 332 g/mol. The van der Waals surface area contributed by atoms with Crippen molar-refractivity contribution in [3.63, 3.8) is 0 Å². The molecular formula is C15H12N4O4S. The number of rotatable bonds is 5. The van der Waals surface area contributed by atoms with Gasteiger partial charge in [-0.05, 0) is 36.5 Å². The Morgan fingerprint density at radius 2 is 1.96 bits per heavy atom. The Hall–Kier alpha value is -3.20. The molecule has 0 radical (unpaired) electrons. The second-order valence-corrected chi connectivity index (χ2v) is 5.18. The Morgan fingerprint density at radius 1 is 1.25 bits per heavy atom. The van der Waals surface area contributed by atoms with Crippen molar-refractivity contribution >= 4 is 23.6 Å². The van der Waals surface area contributed by atoms with Crippen LogP contribution in [0.15, 0.2) is 52.9 Å². The van der Waals surface area contributed by atoms with Crippen LogP contribution < -0.4 is 5.32 Å². The molecule has 2 N–H and O–H groups in total. The van der Waals surface area contributed by atoms with Gasteiger partial charge in [0.25, 0.3) is 16.4 Å². The topological polar surface area (TPSA) is 106 Å². The van der Waals surface area contributed by atoms with Gasteiger partial charge in [0.1, 0.15) is 12.4 Å². The maximum atomic E-state index is 10.6. The largest absolute Gasteiger partial charge is 0.507 e. The number of hydrogen-bond acceptors (Lipinski definition) is 7. The highest BCUT2D eigenvalue weighted by Gasteiger charge is 2.12. The predicted molar refractivity (Wildman–Crippen MR) is 89.1 cm³/mol. The fraction of sp³-hybridized carbons (Fsp3) is 0.0667. The molecule has 0 saturated carbocycles. The van der Waals surface area contributed by atoms with E-state index < -0.39 is 4.92 Å². The van der Waals surface area contributed by atoms with Crippen molar-refractivity contribution in [2.24, 2.45) is 0 Å². The first-order chi connectivity index (χ1) is 11.5. The Bertz CT molecular complexity index is 933. The number of phenols is 1. The molecule has 0 aliphatic rings. The molecule has 9 heteroatoms. The van der Waals surface area contributed by atoms with Crippen LogP contribution in [0.3, 0.4) is 0 Å². The van der Waals surface area contributed by atoms with E-state index in [1.807, 2.05) is 0 Å². The number of anilines is 1. The Morgan fingerprint density at radius 3 is 2.62 bits per heavy atom. The molecule has 1 aromatic heterocycles. The number of non-ortho nitro benzene ring substituents is 1. The minimum Gasteiger partial charge on any atom is -0.507 e. The van der Waals surface area contributed by atoms with Gasteiger partial charge in [-0.15, -0.1) is 5.10 Å². The van der Waals surface area contributed by atoms with Crippen LogP contribution in [0.25, 0.3) is 11.5 Å². The van der Waals surface area contributed by atoms with E-state index in [2.05, 4.69) is 10.4 Å². The van der Waals surface area contributed by atoms with E-state index >= 15 is 0 Å². The number of aromatic hydroxyl groups is 1. The lowest BCUT2D eigenvalue weighted by Crippen LogP contribution is -2.09. The highest BCUT2D eigenvalue weighted by atomic mass is 32.1. The van der Waals surface area contributed by atoms with E-state index in [1.54, 1.807) is 30.3 Å². The fourth-order valence-corrected chi connectivity index (χ4v) is 2.22. The minimum atomic E-state index is -0.462. The van der Waals surface area contributed by atoms with Crippen molar-refractivity contribution in [3.8, 4) is 17.2 Å². The number of para-hydroxylation sites is 1. The van der Waals surface area contributed by atoms with Gasteiger partial charge in [0, 0.05) is 17.8 Å². The third-order valence-corrected chi connectivity index (χ3v) is 3.55. The van der Waals surface area contributed by atoms with Gasteiger partial charge < -0.3 is 14.8 Å². The molecule has 1 heterocycles. The van der Waals surface area contributed by atoms with Gasteiger partial charge in [-0.1, -0.05) is 12.1 Å². The molecule has 24 heavy (non-hydrogen) atoms. The monoisotopic (exact) mass is 344 g/mol. The fourth-order valence-electron chi connectivity index (χ4n) is 2.04. The summed E-state index contributed by atoms with van der Waals surface area (Å²) in [6, 6.07) is 12.6. The summed E-state index contributed by atoms with van der Waals surface area (Å²) in [7, 11) is 0. The Balaban J connectivity index is 1.76. The molecule has 0 amide bonds. The van der Waals surface area contributed by atoms with Crippen molar-refractivity contribution in [3.05, 3.63) is 63.5 Å². The van der Waals surface area contributed by atoms with Gasteiger partial charge in [0.15, 0.2) is 0 Å². The minimum absolute atomic E-state index is 0.0143. The Labute approximate surface area is 141 Å². The number of nitrogens with one attached hydrogen (secondary N) is 1. The van der Waals surface area contributed by atoms with E-state index in [0.717, 1.165) is 0 Å². The van der Waals surface area contributed by atoms with Crippen LogP contribution >= 0.6 is 12.2 Å². The van der Waals surface area contributed by atoms with Crippen molar-refractivity contribution in [2.75, 3.05) is 5.32 Å². The lowest BCUT2D eigenvalue weighted by atomic mass is 10.2. The number of phenolic OH excluding ortho intramolecular Hbond substituents is 1. The number of hydrogen-bond donors (Lipinski definition) is 2. The average molecular weight is 344 g/mol. The maximum Gasteiger partial charge on any atom is 0.289 e. The van der Waals surface area contributed by atoms with Gasteiger partial charge >= 0.3 is 0 Å². The molecule has 3 rings (SSSR count). The highest BCUT2D eigenvalue weighted by Crippen LogP contribution is 2.27. The summed E-state index contributed by atoms with van der Waals surface area (Å²) >= 11 is 5.11. The molecule has 0 unspecified atom stereocenters. The third-order valence-electron chi connectivity index (χ3n) is 3.25. The summed E-state index contributed by atoms with van der Waals surface area (Å²) in [4.78, 5) is 10.3. The Kier molecular flexibility index (Phi) is 4.25. The van der Waals surface area contributed by atoms with Gasteiger partial charge in [-0.2, -0.15) is 0 Å². The molecule has 0 atom stereocenters. The lowest BCUT2D eigenvalue weighted by molar-refractivity contribution is -0.384. The quantitative estimate of drug-likeness (QED) is 0.414. The molecule has 0 spiro atoms. The summed E-state index contributed by atoms with van der Waals surface area (Å²) in [5.74, 6) is 0.257. The second-order valence-electron chi connectivity index (χ2n) is 4.83. The standard InChI is InChI=1S/C15H12N4O4S/c20-13-4-2-1-3-12(13)14-17-18(15(24)23-14)9-16-10-5-7-11(8-6-10)19(21)22/h1-8,16,20H,9H2. The highest BCUT2D eigenvalue weighted by molar-refractivity contribution is 7.71. The van der Waals surface area contributed by atoms with Gasteiger partial charge in [-0.3, -0.25) is 10.1 Å². The predicted octanol–water partition coefficient (Wildman–Crippen LogP) is 3.56. The maximum absolute atomic E-state index is 10.6. The summed E-state index contributed by atoms with van der Waals surface area (Å²) in [6.45, 7) is 0.216. The van der Waals surface area contributed by atoms with Crippen LogP contribution in [-0.4, -0.2) is 19.8 Å². The zero-order chi connectivity index (χ0) is 17.1. The van der Waals surface area contributed by atoms with E-state index in [4.69, 9.17) is 16.6 Å². The number of nitrogens with zero attached hydrogens (tertiary/aromatic N) is 3. The first kappa shape index (κ1) is 15.7. The van der Waals surface area contributed by atoms with E-state index in [-0.39, 0.29) is 28.8 Å². The zero-order valence-electron chi connectivity index (χ0n) is 12.2. The number of aromatic nitrogens is 2. The number of benzene rings is 2. The average Bonchev–Trinajstić information content (AvgIpc) is 2.94. The molecule has 0 aliphatic carbocycles. The summed E-state index contributed by atoms with van der Waals surface area (Å²) < 4.78 is 6.81. The third kappa shape index (κ3) is 3.25. The van der Waals surface area contributed by atoms with Crippen LogP contribution in [0.2, 0.25) is 0 Å². The molecule has 0 saturated heterocycles. The first-order valence-corrected chi connectivity index (χ1v) is 7.30. The first-order valence-electron chi connectivity index (χ1n) is 6.89. The number of nitro groups is 1. The van der Waals surface area contributed by atoms with Gasteiger partial charge in [0.2, 0.25) is 0 Å². The summed E-state index contributed by atoms with van der Waals surface area (Å²) in [6.07, 6.45) is 0. The molecule has 8 nitrogen and oxygen atoms in total. The molecule has 0 bridgehead atoms. The second kappa shape index (κ2) is 6.50. The molecule has 3 aromatic rings. The van der Waals surface area contributed by atoms with Gasteiger partial charge in [0.05, 0.1) is 10.5 Å². The van der Waals surface area contributed by atoms with Crippen LogP contribution in [0.5, 0.6) is 5.75 Å². The molecule has 0 aliphatic heterocycles. The van der Waals surface area contributed by atoms with Crippen molar-refractivity contribution in [1.29, 1.82) is 0 Å². The molecule has 0 fully saturated rings. The molecule has 2 aromatic carbocycles. The lowest BCUT2D eigenvalue weighted by Gasteiger charge is -2.05.